The highest BCUT2D eigenvalue weighted by molar-refractivity contribution is 7.81. The Kier molecular flexibility index (Phi) is 8.62. The van der Waals surface area contributed by atoms with Crippen LogP contribution in [0.4, 0.5) is 24.5 Å². The van der Waals surface area contributed by atoms with Crippen molar-refractivity contribution in [3.8, 4) is 6.07 Å². The molecule has 0 spiro atoms. The number of carbonyl (C=O) groups is 2. The maximum atomic E-state index is 13.6. The summed E-state index contributed by atoms with van der Waals surface area (Å²) >= 11 is 5.57. The molecule has 206 valence electrons. The molecule has 0 saturated carbocycles. The maximum Gasteiger partial charge on any atom is 0.417 e. The van der Waals surface area contributed by atoms with Gasteiger partial charge in [-0.1, -0.05) is 6.92 Å². The van der Waals surface area contributed by atoms with Crippen molar-refractivity contribution in [1.29, 1.82) is 5.26 Å². The van der Waals surface area contributed by atoms with Crippen LogP contribution in [-0.2, 0) is 27.5 Å². The second-order valence-electron chi connectivity index (χ2n) is 8.98. The number of hydrogen-bond acceptors (Lipinski definition) is 7. The highest BCUT2D eigenvalue weighted by atomic mass is 32.1. The van der Waals surface area contributed by atoms with Crippen molar-refractivity contribution in [3.63, 3.8) is 0 Å². The molecule has 1 amide bonds. The van der Waals surface area contributed by atoms with E-state index in [2.05, 4.69) is 4.99 Å². The molecule has 0 bridgehead atoms. The molecule has 1 aliphatic rings. The number of aliphatic hydroxyl groups is 1. The Bertz CT molecular complexity index is 1460. The molecule has 2 heterocycles. The average Bonchev–Trinajstić information content (AvgIpc) is 3.06. The number of allylic oxidation sites excluding steroid dienone is 2. The summed E-state index contributed by atoms with van der Waals surface area (Å²) in [6, 6.07) is 7.81. The lowest BCUT2D eigenvalue weighted by atomic mass is 10.0. The van der Waals surface area contributed by atoms with Crippen molar-refractivity contribution in [2.75, 3.05) is 23.0 Å². The molecular weight excluding hydrogens is 535 g/mol. The predicted octanol–water partition coefficient (Wildman–Crippen LogP) is 3.56. The minimum absolute atomic E-state index is 0.000591. The van der Waals surface area contributed by atoms with Crippen LogP contribution < -0.4 is 15.3 Å². The number of benzene rings is 1. The van der Waals surface area contributed by atoms with Gasteiger partial charge < -0.3 is 19.3 Å². The van der Waals surface area contributed by atoms with E-state index in [1.807, 2.05) is 0 Å². The number of hydrogen-bond donors (Lipinski definition) is 1. The molecule has 13 heteroatoms. The third-order valence-electron chi connectivity index (χ3n) is 6.03. The minimum atomic E-state index is -4.80. The van der Waals surface area contributed by atoms with Crippen LogP contribution in [0.5, 0.6) is 0 Å². The summed E-state index contributed by atoms with van der Waals surface area (Å²) in [5.74, 6) is -0.547. The summed E-state index contributed by atoms with van der Waals surface area (Å²) in [6.45, 7) is 4.66. The van der Waals surface area contributed by atoms with E-state index >= 15 is 0 Å². The molecule has 0 unspecified atom stereocenters. The van der Waals surface area contributed by atoms with Crippen LogP contribution in [-0.4, -0.2) is 45.7 Å². The number of aldehydes is 1. The largest absolute Gasteiger partial charge is 0.486 e. The second kappa shape index (κ2) is 11.4. The van der Waals surface area contributed by atoms with Crippen molar-refractivity contribution < 1.29 is 32.6 Å². The van der Waals surface area contributed by atoms with Crippen LogP contribution in [0.3, 0.4) is 0 Å². The highest BCUT2D eigenvalue weighted by Gasteiger charge is 2.50. The number of nitriles is 1. The SMILES string of the molecule is CCC(/N=c1/ccc(N2C(=S)N(c3ccc(C#N)c(C(F)(F)F)c3)C(=O)C2(C)C)cn1C)=C(/C=O)OCCO. The number of thiocarbonyl (C=S) groups is 1. The summed E-state index contributed by atoms with van der Waals surface area (Å²) in [4.78, 5) is 31.9. The first-order chi connectivity index (χ1) is 18.3. The van der Waals surface area contributed by atoms with E-state index < -0.39 is 28.7 Å². The van der Waals surface area contributed by atoms with Gasteiger partial charge >= 0.3 is 6.18 Å². The Balaban J connectivity index is 2.07. The fourth-order valence-electron chi connectivity index (χ4n) is 4.08. The molecule has 0 radical (unpaired) electrons. The van der Waals surface area contributed by atoms with Gasteiger partial charge in [-0.25, -0.2) is 4.99 Å². The molecule has 1 fully saturated rings. The van der Waals surface area contributed by atoms with Crippen LogP contribution >= 0.6 is 12.2 Å². The molecule has 0 aliphatic carbocycles. The first-order valence-electron chi connectivity index (χ1n) is 11.7. The van der Waals surface area contributed by atoms with Crippen LogP contribution in [0.25, 0.3) is 0 Å². The number of ether oxygens (including phenoxy) is 1. The van der Waals surface area contributed by atoms with Crippen molar-refractivity contribution in [2.45, 2.75) is 38.9 Å². The summed E-state index contributed by atoms with van der Waals surface area (Å²) in [5.41, 5.74) is -1.81. The third-order valence-corrected chi connectivity index (χ3v) is 6.39. The van der Waals surface area contributed by atoms with Gasteiger partial charge in [-0.3, -0.25) is 14.5 Å². The Morgan fingerprint density at radius 1 is 1.26 bits per heavy atom. The summed E-state index contributed by atoms with van der Waals surface area (Å²) in [6.07, 6.45) is -2.26. The number of pyridine rings is 1. The number of amides is 1. The number of aryl methyl sites for hydroxylation is 1. The van der Waals surface area contributed by atoms with Crippen LogP contribution in [0.2, 0.25) is 0 Å². The lowest BCUT2D eigenvalue weighted by molar-refractivity contribution is -0.137. The van der Waals surface area contributed by atoms with E-state index in [4.69, 9.17) is 27.3 Å². The lowest BCUT2D eigenvalue weighted by Gasteiger charge is -2.29. The van der Waals surface area contributed by atoms with E-state index in [1.54, 1.807) is 50.7 Å². The normalized spacial score (nSPS) is 16.3. The molecule has 3 rings (SSSR count). The smallest absolute Gasteiger partial charge is 0.417 e. The summed E-state index contributed by atoms with van der Waals surface area (Å²) in [5, 5.41) is 18.0. The van der Waals surface area contributed by atoms with Crippen LogP contribution in [0, 0.1) is 11.3 Å². The summed E-state index contributed by atoms with van der Waals surface area (Å²) < 4.78 is 47.6. The minimum Gasteiger partial charge on any atom is -0.486 e. The first-order valence-corrected chi connectivity index (χ1v) is 12.2. The number of alkyl halides is 3. The van der Waals surface area contributed by atoms with Gasteiger partial charge in [-0.15, -0.1) is 0 Å². The molecule has 2 aromatic rings. The highest BCUT2D eigenvalue weighted by Crippen LogP contribution is 2.39. The lowest BCUT2D eigenvalue weighted by Crippen LogP contribution is -2.44. The number of carbonyl (C=O) groups excluding carboxylic acids is 2. The standard InChI is InChI=1S/C26H26F3N5O4S/c1-5-20(21(15-36)38-11-10-35)31-22-9-8-18(14-32(22)4)34-24(39)33(23(37)25(34,2)3)17-7-6-16(13-30)19(12-17)26(27,28)29/h6-9,12,14-15,35H,5,10-11H2,1-4H3/b21-20+,31-22-. The summed E-state index contributed by atoms with van der Waals surface area (Å²) in [7, 11) is 1.69. The van der Waals surface area contributed by atoms with Gasteiger partial charge in [0.05, 0.1) is 40.9 Å². The van der Waals surface area contributed by atoms with Crippen LogP contribution in [0.1, 0.15) is 38.3 Å². The monoisotopic (exact) mass is 561 g/mol. The Labute approximate surface area is 228 Å². The molecule has 1 aromatic carbocycles. The number of anilines is 2. The molecule has 39 heavy (non-hydrogen) atoms. The van der Waals surface area contributed by atoms with E-state index in [-0.39, 0.29) is 29.8 Å². The molecule has 1 aliphatic heterocycles. The third kappa shape index (κ3) is 5.71. The molecule has 1 saturated heterocycles. The number of nitrogens with zero attached hydrogens (tertiary/aromatic N) is 5. The quantitative estimate of drug-likeness (QED) is 0.227. The van der Waals surface area contributed by atoms with Gasteiger partial charge in [0.1, 0.15) is 17.6 Å². The first kappa shape index (κ1) is 29.5. The fourth-order valence-corrected chi connectivity index (χ4v) is 4.60. The molecule has 1 N–H and O–H groups in total. The van der Waals surface area contributed by atoms with Crippen molar-refractivity contribution in [1.82, 2.24) is 4.57 Å². The predicted molar refractivity (Wildman–Crippen MR) is 140 cm³/mol. The van der Waals surface area contributed by atoms with Gasteiger partial charge in [0.15, 0.2) is 17.2 Å². The van der Waals surface area contributed by atoms with Crippen molar-refractivity contribution in [3.05, 3.63) is 64.6 Å². The Hall–Kier alpha value is -4.02. The topological polar surface area (TPSA) is 111 Å². The Morgan fingerprint density at radius 2 is 1.92 bits per heavy atom. The van der Waals surface area contributed by atoms with E-state index in [0.717, 1.165) is 17.0 Å². The fraction of sp³-hybridized carbons (Fsp3) is 0.346. The zero-order chi connectivity index (χ0) is 29.1. The maximum absolute atomic E-state index is 13.6. The Morgan fingerprint density at radius 3 is 2.46 bits per heavy atom. The number of aromatic nitrogens is 1. The van der Waals surface area contributed by atoms with Gasteiger partial charge in [0.25, 0.3) is 5.91 Å². The molecular formula is C26H26F3N5O4S. The van der Waals surface area contributed by atoms with Gasteiger partial charge in [0, 0.05) is 13.2 Å². The zero-order valence-corrected chi connectivity index (χ0v) is 22.4. The van der Waals surface area contributed by atoms with Gasteiger partial charge in [-0.05, 0) is 62.8 Å². The van der Waals surface area contributed by atoms with E-state index in [1.165, 1.54) is 17.0 Å². The van der Waals surface area contributed by atoms with Gasteiger partial charge in [0.2, 0.25) is 0 Å². The average molecular weight is 562 g/mol. The second-order valence-corrected chi connectivity index (χ2v) is 9.34. The molecule has 9 nitrogen and oxygen atoms in total. The van der Waals surface area contributed by atoms with Crippen molar-refractivity contribution >= 4 is 40.9 Å². The molecule has 0 atom stereocenters. The van der Waals surface area contributed by atoms with E-state index in [0.29, 0.717) is 29.6 Å². The van der Waals surface area contributed by atoms with Crippen molar-refractivity contribution in [2.24, 2.45) is 12.0 Å². The zero-order valence-electron chi connectivity index (χ0n) is 21.6. The number of halogens is 3. The van der Waals surface area contributed by atoms with E-state index in [9.17, 15) is 22.8 Å². The van der Waals surface area contributed by atoms with Crippen LogP contribution in [0.15, 0.2) is 53.0 Å². The number of aliphatic hydroxyl groups excluding tert-OH is 1. The van der Waals surface area contributed by atoms with Gasteiger partial charge in [-0.2, -0.15) is 18.4 Å². The number of rotatable bonds is 8. The molecule has 1 aromatic heterocycles.